The number of carbonyl (C=O) groups excluding carboxylic acids is 2. The Balaban J connectivity index is 0.00000363. The molecule has 3 N–H and O–H groups in total. The minimum absolute atomic E-state index is 0. The highest BCUT2D eigenvalue weighted by Gasteiger charge is 2.31. The highest BCUT2D eigenvalue weighted by atomic mass is 127. The molecular weight excluding hydrogens is 541 g/mol. The van der Waals surface area contributed by atoms with E-state index >= 15 is 0 Å². The predicted octanol–water partition coefficient (Wildman–Crippen LogP) is 3.94. The fourth-order valence-electron chi connectivity index (χ4n) is 4.32. The Morgan fingerprint density at radius 2 is 1.94 bits per heavy atom. The van der Waals surface area contributed by atoms with Crippen LogP contribution in [-0.4, -0.2) is 55.4 Å². The lowest BCUT2D eigenvalue weighted by atomic mass is 9.88. The molecule has 1 unspecified atom stereocenters. The van der Waals surface area contributed by atoms with E-state index in [0.29, 0.717) is 36.4 Å². The van der Waals surface area contributed by atoms with Gasteiger partial charge in [0.1, 0.15) is 0 Å². The fourth-order valence-corrected chi connectivity index (χ4v) is 4.50. The summed E-state index contributed by atoms with van der Waals surface area (Å²) in [5, 5.41) is 10.1. The smallest absolute Gasteiger partial charge is 0.226 e. The predicted molar refractivity (Wildman–Crippen MR) is 141 cm³/mol. The normalized spacial score (nSPS) is 19.3. The number of aliphatic imine (C=N–C) groups is 1. The highest BCUT2D eigenvalue weighted by molar-refractivity contribution is 14.0. The quantitative estimate of drug-likeness (QED) is 0.273. The van der Waals surface area contributed by atoms with Gasteiger partial charge in [0, 0.05) is 55.8 Å². The summed E-state index contributed by atoms with van der Waals surface area (Å²) in [5.41, 5.74) is 1.59. The lowest BCUT2D eigenvalue weighted by molar-refractivity contribution is -0.135. The van der Waals surface area contributed by atoms with Crippen LogP contribution in [0.4, 0.5) is 5.69 Å². The number of benzene rings is 1. The Morgan fingerprint density at radius 1 is 1.19 bits per heavy atom. The maximum absolute atomic E-state index is 12.7. The molecule has 1 saturated heterocycles. The lowest BCUT2D eigenvalue weighted by Crippen LogP contribution is -2.46. The number of rotatable bonds is 6. The van der Waals surface area contributed by atoms with E-state index in [0.717, 1.165) is 37.1 Å². The van der Waals surface area contributed by atoms with E-state index in [2.05, 4.69) is 20.9 Å². The third kappa shape index (κ3) is 7.50. The standard InChI is InChI=1S/C23H34ClN5O2.HI/c1-16-19(24)9-6-10-20(16)28-21(30)11-13-26-23(25-2)27-18-12-14-29(15-18)22(31)17-7-4-3-5-8-17;/h6,9-10,17-18H,3-5,7-8,11-15H2,1-2H3,(H,28,30)(H2,25,26,27);1H. The minimum atomic E-state index is -0.0848. The van der Waals surface area contributed by atoms with Gasteiger partial charge in [-0.25, -0.2) is 0 Å². The summed E-state index contributed by atoms with van der Waals surface area (Å²) >= 11 is 6.10. The van der Waals surface area contributed by atoms with Crippen LogP contribution in [0.15, 0.2) is 23.2 Å². The van der Waals surface area contributed by atoms with Crippen LogP contribution in [0.1, 0.15) is 50.5 Å². The van der Waals surface area contributed by atoms with Crippen molar-refractivity contribution < 1.29 is 9.59 Å². The number of halogens is 2. The van der Waals surface area contributed by atoms with Crippen LogP contribution >= 0.6 is 35.6 Å². The Labute approximate surface area is 213 Å². The molecule has 2 fully saturated rings. The molecule has 3 rings (SSSR count). The van der Waals surface area contributed by atoms with Crippen LogP contribution in [-0.2, 0) is 9.59 Å². The van der Waals surface area contributed by atoms with Crippen molar-refractivity contribution in [2.24, 2.45) is 10.9 Å². The van der Waals surface area contributed by atoms with Gasteiger partial charge in [0.25, 0.3) is 0 Å². The van der Waals surface area contributed by atoms with Gasteiger partial charge in [-0.05, 0) is 43.9 Å². The first-order valence-electron chi connectivity index (χ1n) is 11.3. The number of carbonyl (C=O) groups is 2. The number of hydrogen-bond acceptors (Lipinski definition) is 3. The number of likely N-dealkylation sites (tertiary alicyclic amines) is 1. The van der Waals surface area contributed by atoms with Gasteiger partial charge in [-0.1, -0.05) is 36.9 Å². The van der Waals surface area contributed by atoms with Crippen molar-refractivity contribution in [1.82, 2.24) is 15.5 Å². The first-order chi connectivity index (χ1) is 15.0. The van der Waals surface area contributed by atoms with Crippen molar-refractivity contribution in [2.45, 2.75) is 57.9 Å². The van der Waals surface area contributed by atoms with Crippen molar-refractivity contribution in [3.05, 3.63) is 28.8 Å². The summed E-state index contributed by atoms with van der Waals surface area (Å²) in [6.45, 7) is 3.85. The summed E-state index contributed by atoms with van der Waals surface area (Å²) in [6.07, 6.45) is 6.89. The van der Waals surface area contributed by atoms with Gasteiger partial charge in [-0.3, -0.25) is 14.6 Å². The van der Waals surface area contributed by atoms with Crippen molar-refractivity contribution in [2.75, 3.05) is 32.0 Å². The van der Waals surface area contributed by atoms with Crippen LogP contribution in [0, 0.1) is 12.8 Å². The van der Waals surface area contributed by atoms with E-state index in [1.165, 1.54) is 19.3 Å². The van der Waals surface area contributed by atoms with E-state index in [-0.39, 0.29) is 41.8 Å². The van der Waals surface area contributed by atoms with Gasteiger partial charge in [0.2, 0.25) is 11.8 Å². The summed E-state index contributed by atoms with van der Waals surface area (Å²) in [7, 11) is 1.71. The first-order valence-corrected chi connectivity index (χ1v) is 11.7. The molecule has 1 aliphatic carbocycles. The molecule has 1 aromatic carbocycles. The van der Waals surface area contributed by atoms with Crippen LogP contribution < -0.4 is 16.0 Å². The van der Waals surface area contributed by atoms with E-state index < -0.39 is 0 Å². The summed E-state index contributed by atoms with van der Waals surface area (Å²) in [5.74, 6) is 1.11. The van der Waals surface area contributed by atoms with Crippen molar-refractivity contribution >= 4 is 59.0 Å². The Bertz CT molecular complexity index is 814. The van der Waals surface area contributed by atoms with Crippen molar-refractivity contribution in [3.8, 4) is 0 Å². The second kappa shape index (κ2) is 13.2. The number of nitrogens with one attached hydrogen (secondary N) is 3. The largest absolute Gasteiger partial charge is 0.356 e. The summed E-state index contributed by atoms with van der Waals surface area (Å²) in [4.78, 5) is 31.3. The molecule has 0 spiro atoms. The molecule has 0 bridgehead atoms. The van der Waals surface area contributed by atoms with E-state index in [1.807, 2.05) is 24.0 Å². The van der Waals surface area contributed by atoms with Gasteiger partial charge in [0.05, 0.1) is 0 Å². The van der Waals surface area contributed by atoms with Gasteiger partial charge >= 0.3 is 0 Å². The maximum Gasteiger partial charge on any atom is 0.226 e. The third-order valence-electron chi connectivity index (χ3n) is 6.21. The SMILES string of the molecule is CN=C(NCCC(=O)Nc1cccc(Cl)c1C)NC1CCN(C(=O)C2CCCCC2)C1.I. The van der Waals surface area contributed by atoms with Crippen LogP contribution in [0.5, 0.6) is 0 Å². The van der Waals surface area contributed by atoms with Crippen LogP contribution in [0.25, 0.3) is 0 Å². The molecule has 0 aromatic heterocycles. The lowest BCUT2D eigenvalue weighted by Gasteiger charge is -2.26. The topological polar surface area (TPSA) is 85.8 Å². The molecule has 178 valence electrons. The second-order valence-corrected chi connectivity index (χ2v) is 8.87. The number of nitrogens with zero attached hydrogens (tertiary/aromatic N) is 2. The minimum Gasteiger partial charge on any atom is -0.356 e. The molecule has 1 aromatic rings. The third-order valence-corrected chi connectivity index (χ3v) is 6.61. The Morgan fingerprint density at radius 3 is 2.66 bits per heavy atom. The van der Waals surface area contributed by atoms with Crippen molar-refractivity contribution in [1.29, 1.82) is 0 Å². The first kappa shape index (κ1) is 26.7. The van der Waals surface area contributed by atoms with E-state index in [9.17, 15) is 9.59 Å². The zero-order valence-electron chi connectivity index (χ0n) is 19.0. The number of guanidine groups is 1. The molecule has 2 aliphatic rings. The van der Waals surface area contributed by atoms with Gasteiger partial charge < -0.3 is 20.9 Å². The molecule has 1 saturated carbocycles. The fraction of sp³-hybridized carbons (Fsp3) is 0.609. The molecular formula is C23H35ClIN5O2. The second-order valence-electron chi connectivity index (χ2n) is 8.46. The molecule has 1 heterocycles. The monoisotopic (exact) mass is 575 g/mol. The number of anilines is 1. The van der Waals surface area contributed by atoms with Crippen LogP contribution in [0.2, 0.25) is 5.02 Å². The van der Waals surface area contributed by atoms with Gasteiger partial charge in [-0.15, -0.1) is 24.0 Å². The highest BCUT2D eigenvalue weighted by Crippen LogP contribution is 2.27. The van der Waals surface area contributed by atoms with E-state index in [4.69, 9.17) is 11.6 Å². The average Bonchev–Trinajstić information content (AvgIpc) is 3.25. The van der Waals surface area contributed by atoms with Crippen LogP contribution in [0.3, 0.4) is 0 Å². The van der Waals surface area contributed by atoms with E-state index in [1.54, 1.807) is 13.1 Å². The maximum atomic E-state index is 12.7. The average molecular weight is 576 g/mol. The summed E-state index contributed by atoms with van der Waals surface area (Å²) < 4.78 is 0. The zero-order chi connectivity index (χ0) is 22.2. The molecule has 32 heavy (non-hydrogen) atoms. The number of hydrogen-bond donors (Lipinski definition) is 3. The molecule has 9 heteroatoms. The molecule has 1 atom stereocenters. The van der Waals surface area contributed by atoms with Gasteiger partial charge in [-0.2, -0.15) is 0 Å². The van der Waals surface area contributed by atoms with Crippen molar-refractivity contribution in [3.63, 3.8) is 0 Å². The summed E-state index contributed by atoms with van der Waals surface area (Å²) in [6, 6.07) is 5.64. The molecule has 2 amide bonds. The number of amides is 2. The molecule has 1 aliphatic heterocycles. The van der Waals surface area contributed by atoms with Gasteiger partial charge in [0.15, 0.2) is 5.96 Å². The Kier molecular flexibility index (Phi) is 11.0. The molecule has 0 radical (unpaired) electrons. The zero-order valence-corrected chi connectivity index (χ0v) is 22.0. The Hall–Kier alpha value is -1.55. The molecule has 7 nitrogen and oxygen atoms in total.